The van der Waals surface area contributed by atoms with E-state index in [1.165, 1.54) is 10.1 Å². The van der Waals surface area contributed by atoms with Gasteiger partial charge in [0.15, 0.2) is 0 Å². The highest BCUT2D eigenvalue weighted by atomic mass is 35.5. The fourth-order valence-electron chi connectivity index (χ4n) is 3.58. The van der Waals surface area contributed by atoms with Crippen LogP contribution in [0.25, 0.3) is 21.3 Å². The first-order valence-corrected chi connectivity index (χ1v) is 11.0. The molecule has 1 saturated heterocycles. The number of nitrogens with zero attached hydrogens (tertiary/aromatic N) is 4. The van der Waals surface area contributed by atoms with Crippen molar-refractivity contribution in [2.45, 2.75) is 13.5 Å². The molecule has 0 unspecified atom stereocenters. The van der Waals surface area contributed by atoms with Crippen LogP contribution >= 0.6 is 23.7 Å². The maximum atomic E-state index is 5.56. The number of hydrogen-bond donors (Lipinski definition) is 0. The molecule has 3 aromatic heterocycles. The molecule has 0 bridgehead atoms. The second-order valence-corrected chi connectivity index (χ2v) is 8.09. The van der Waals surface area contributed by atoms with Crippen LogP contribution in [0.1, 0.15) is 12.6 Å². The Bertz CT molecular complexity index is 927. The molecule has 0 aliphatic carbocycles. The minimum Gasteiger partial charge on any atom is -0.382 e. The van der Waals surface area contributed by atoms with Crippen molar-refractivity contribution in [3.05, 3.63) is 41.5 Å². The molecule has 0 radical (unpaired) electrons. The number of aromatic nitrogens is 2. The maximum Gasteiger partial charge on any atom is 0.147 e. The Morgan fingerprint density at radius 2 is 1.93 bits per heavy atom. The van der Waals surface area contributed by atoms with Crippen LogP contribution in [0.3, 0.4) is 0 Å². The van der Waals surface area contributed by atoms with Crippen LogP contribution in [0, 0.1) is 0 Å². The predicted molar refractivity (Wildman–Crippen MR) is 126 cm³/mol. The minimum atomic E-state index is 0. The SMILES string of the molecule is CCN1CCN(c2nc(-c3ccc(COCCOC)nc3)cc3ccsc23)CC1.Cl. The lowest BCUT2D eigenvalue weighted by Gasteiger charge is -2.35. The van der Waals surface area contributed by atoms with Crippen molar-refractivity contribution in [1.29, 1.82) is 0 Å². The third-order valence-electron chi connectivity index (χ3n) is 5.34. The third kappa shape index (κ3) is 5.28. The average molecular weight is 449 g/mol. The quantitative estimate of drug-likeness (QED) is 0.484. The van der Waals surface area contributed by atoms with Gasteiger partial charge in [0, 0.05) is 45.0 Å². The summed E-state index contributed by atoms with van der Waals surface area (Å²) in [6.07, 6.45) is 1.90. The Labute approximate surface area is 188 Å². The molecule has 6 nitrogen and oxygen atoms in total. The first-order chi connectivity index (χ1) is 14.3. The molecule has 1 aliphatic rings. The molecule has 8 heteroatoms. The maximum absolute atomic E-state index is 5.56. The van der Waals surface area contributed by atoms with E-state index in [0.29, 0.717) is 19.8 Å². The van der Waals surface area contributed by atoms with Crippen LogP contribution < -0.4 is 4.90 Å². The van der Waals surface area contributed by atoms with Crippen molar-refractivity contribution < 1.29 is 9.47 Å². The van der Waals surface area contributed by atoms with Gasteiger partial charge in [-0.2, -0.15) is 0 Å². The second-order valence-electron chi connectivity index (χ2n) is 7.17. The molecule has 0 saturated carbocycles. The van der Waals surface area contributed by atoms with Crippen LogP contribution in [0.5, 0.6) is 0 Å². The lowest BCUT2D eigenvalue weighted by molar-refractivity contribution is 0.0602. The van der Waals surface area contributed by atoms with Crippen molar-refractivity contribution >= 4 is 39.6 Å². The van der Waals surface area contributed by atoms with Gasteiger partial charge in [-0.05, 0) is 41.6 Å². The number of likely N-dealkylation sites (N-methyl/N-ethyl adjacent to an activating group) is 1. The molecule has 0 amide bonds. The van der Waals surface area contributed by atoms with Gasteiger partial charge in [-0.25, -0.2) is 4.98 Å². The van der Waals surface area contributed by atoms with E-state index in [0.717, 1.165) is 55.5 Å². The van der Waals surface area contributed by atoms with E-state index >= 15 is 0 Å². The summed E-state index contributed by atoms with van der Waals surface area (Å²) in [7, 11) is 1.67. The Morgan fingerprint density at radius 3 is 2.63 bits per heavy atom. The third-order valence-corrected chi connectivity index (χ3v) is 6.26. The van der Waals surface area contributed by atoms with Gasteiger partial charge in [0.25, 0.3) is 0 Å². The summed E-state index contributed by atoms with van der Waals surface area (Å²) < 4.78 is 11.8. The number of rotatable bonds is 8. The zero-order valence-corrected chi connectivity index (χ0v) is 19.2. The number of piperazine rings is 1. The fourth-order valence-corrected chi connectivity index (χ4v) is 4.47. The second kappa shape index (κ2) is 11.0. The van der Waals surface area contributed by atoms with Crippen molar-refractivity contribution in [3.63, 3.8) is 0 Å². The first-order valence-electron chi connectivity index (χ1n) is 10.2. The standard InChI is InChI=1S/C22H28N4O2S.ClH/c1-3-25-7-9-26(10-8-25)22-21-17(6-13-29-21)14-20(24-22)18-4-5-19(23-15-18)16-28-12-11-27-2;/h4-6,13-15H,3,7-12,16H2,1-2H3;1H. The van der Waals surface area contributed by atoms with Gasteiger partial charge in [-0.15, -0.1) is 23.7 Å². The predicted octanol–water partition coefficient (Wildman–Crippen LogP) is 4.09. The van der Waals surface area contributed by atoms with Gasteiger partial charge in [0.1, 0.15) is 5.82 Å². The van der Waals surface area contributed by atoms with Crippen LogP contribution in [0.2, 0.25) is 0 Å². The van der Waals surface area contributed by atoms with Crippen LogP contribution in [-0.2, 0) is 16.1 Å². The van der Waals surface area contributed by atoms with Crippen molar-refractivity contribution in [1.82, 2.24) is 14.9 Å². The summed E-state index contributed by atoms with van der Waals surface area (Å²) in [5.41, 5.74) is 2.92. The molecule has 0 N–H and O–H groups in total. The van der Waals surface area contributed by atoms with Crippen molar-refractivity contribution in [2.75, 3.05) is 57.9 Å². The Morgan fingerprint density at radius 1 is 1.10 bits per heavy atom. The lowest BCUT2D eigenvalue weighted by Crippen LogP contribution is -2.46. The Hall–Kier alpha value is -1.77. The molecule has 3 aromatic rings. The minimum absolute atomic E-state index is 0. The first kappa shape index (κ1) is 22.9. The van der Waals surface area contributed by atoms with Gasteiger partial charge >= 0.3 is 0 Å². The van der Waals surface area contributed by atoms with E-state index in [-0.39, 0.29) is 12.4 Å². The normalized spacial score (nSPS) is 14.8. The largest absolute Gasteiger partial charge is 0.382 e. The van der Waals surface area contributed by atoms with E-state index in [9.17, 15) is 0 Å². The topological polar surface area (TPSA) is 50.7 Å². The van der Waals surface area contributed by atoms with Crippen LogP contribution in [0.4, 0.5) is 5.82 Å². The van der Waals surface area contributed by atoms with Gasteiger partial charge in [0.05, 0.1) is 35.9 Å². The molecule has 0 aromatic carbocycles. The molecule has 0 spiro atoms. The summed E-state index contributed by atoms with van der Waals surface area (Å²) in [5, 5.41) is 3.40. The van der Waals surface area contributed by atoms with Crippen LogP contribution in [-0.4, -0.2) is 67.9 Å². The summed E-state index contributed by atoms with van der Waals surface area (Å²) in [5.74, 6) is 1.11. The summed E-state index contributed by atoms with van der Waals surface area (Å²) in [6, 6.07) is 8.45. The van der Waals surface area contributed by atoms with Gasteiger partial charge in [-0.3, -0.25) is 4.98 Å². The molecule has 0 atom stereocenters. The molecular formula is C22H29ClN4O2S. The van der Waals surface area contributed by atoms with Crippen molar-refractivity contribution in [2.24, 2.45) is 0 Å². The summed E-state index contributed by atoms with van der Waals surface area (Å²) in [4.78, 5) is 14.5. The zero-order chi connectivity index (χ0) is 20.1. The number of pyridine rings is 2. The smallest absolute Gasteiger partial charge is 0.147 e. The highest BCUT2D eigenvalue weighted by Crippen LogP contribution is 2.34. The molecular weight excluding hydrogens is 420 g/mol. The Kier molecular flexibility index (Phi) is 8.41. The average Bonchev–Trinajstić information content (AvgIpc) is 3.25. The van der Waals surface area contributed by atoms with Gasteiger partial charge in [0.2, 0.25) is 0 Å². The lowest BCUT2D eigenvalue weighted by atomic mass is 10.1. The number of anilines is 1. The Balaban J connectivity index is 0.00000256. The molecule has 4 rings (SSSR count). The summed E-state index contributed by atoms with van der Waals surface area (Å²) >= 11 is 1.77. The highest BCUT2D eigenvalue weighted by molar-refractivity contribution is 7.17. The number of methoxy groups -OCH3 is 1. The van der Waals surface area contributed by atoms with Crippen LogP contribution in [0.15, 0.2) is 35.8 Å². The molecule has 1 aliphatic heterocycles. The molecule has 1 fully saturated rings. The zero-order valence-electron chi connectivity index (χ0n) is 17.5. The van der Waals surface area contributed by atoms with E-state index in [1.54, 1.807) is 18.4 Å². The van der Waals surface area contributed by atoms with E-state index in [4.69, 9.17) is 14.5 Å². The van der Waals surface area contributed by atoms with Gasteiger partial charge < -0.3 is 19.3 Å². The fraction of sp³-hybridized carbons (Fsp3) is 0.455. The molecule has 4 heterocycles. The highest BCUT2D eigenvalue weighted by Gasteiger charge is 2.20. The monoisotopic (exact) mass is 448 g/mol. The van der Waals surface area contributed by atoms with E-state index < -0.39 is 0 Å². The van der Waals surface area contributed by atoms with Crippen molar-refractivity contribution in [3.8, 4) is 11.3 Å². The number of ether oxygens (including phenoxy) is 2. The summed E-state index contributed by atoms with van der Waals surface area (Å²) in [6.45, 7) is 9.23. The van der Waals surface area contributed by atoms with E-state index in [1.807, 2.05) is 12.3 Å². The molecule has 30 heavy (non-hydrogen) atoms. The number of fused-ring (bicyclic) bond motifs is 1. The number of thiophene rings is 1. The number of halogens is 1. The van der Waals surface area contributed by atoms with E-state index in [2.05, 4.69) is 45.3 Å². The van der Waals surface area contributed by atoms with Gasteiger partial charge in [-0.1, -0.05) is 6.92 Å². The molecule has 162 valence electrons. The number of hydrogen-bond acceptors (Lipinski definition) is 7.